The Morgan fingerprint density at radius 2 is 1.64 bits per heavy atom. The highest BCUT2D eigenvalue weighted by atomic mass is 16.5. The number of ether oxygens (including phenoxy) is 1. The Balaban J connectivity index is 2.38. The van der Waals surface area contributed by atoms with Gasteiger partial charge in [0.05, 0.1) is 0 Å². The SMILES string of the molecule is CCCCCCC(=O)Oc1ccc(O)c(C)c1C(CCN(C(C)C)C(C)C)c1ccccc1. The number of esters is 1. The molecule has 1 unspecified atom stereocenters. The zero-order chi connectivity index (χ0) is 24.4. The molecule has 2 aromatic carbocycles. The third-order valence-corrected chi connectivity index (χ3v) is 6.46. The lowest BCUT2D eigenvalue weighted by molar-refractivity contribution is -0.134. The largest absolute Gasteiger partial charge is 0.508 e. The summed E-state index contributed by atoms with van der Waals surface area (Å²) in [4.78, 5) is 15.1. The molecule has 0 radical (unpaired) electrons. The zero-order valence-electron chi connectivity index (χ0n) is 21.4. The van der Waals surface area contributed by atoms with Crippen molar-refractivity contribution in [2.45, 2.75) is 98.1 Å². The second-order valence-electron chi connectivity index (χ2n) is 9.58. The summed E-state index contributed by atoms with van der Waals surface area (Å²) in [6.07, 6.45) is 5.45. The summed E-state index contributed by atoms with van der Waals surface area (Å²) in [5, 5.41) is 10.6. The molecule has 0 fully saturated rings. The van der Waals surface area contributed by atoms with Crippen LogP contribution < -0.4 is 4.74 Å². The molecule has 0 amide bonds. The fourth-order valence-corrected chi connectivity index (χ4v) is 4.64. The number of hydrogen-bond donors (Lipinski definition) is 1. The lowest BCUT2D eigenvalue weighted by Crippen LogP contribution is -2.38. The third-order valence-electron chi connectivity index (χ3n) is 6.46. The van der Waals surface area contributed by atoms with Crippen molar-refractivity contribution in [1.29, 1.82) is 0 Å². The first-order valence-electron chi connectivity index (χ1n) is 12.6. The maximum absolute atomic E-state index is 12.6. The number of phenols is 1. The van der Waals surface area contributed by atoms with E-state index in [-0.39, 0.29) is 17.6 Å². The van der Waals surface area contributed by atoms with E-state index in [1.807, 2.05) is 25.1 Å². The topological polar surface area (TPSA) is 49.8 Å². The Morgan fingerprint density at radius 3 is 2.24 bits per heavy atom. The number of nitrogens with zero attached hydrogens (tertiary/aromatic N) is 1. The first-order chi connectivity index (χ1) is 15.8. The van der Waals surface area contributed by atoms with Gasteiger partial charge in [-0.2, -0.15) is 0 Å². The van der Waals surface area contributed by atoms with Crippen LogP contribution in [0.15, 0.2) is 42.5 Å². The summed E-state index contributed by atoms with van der Waals surface area (Å²) in [6.45, 7) is 13.9. The molecule has 0 heterocycles. The number of hydrogen-bond acceptors (Lipinski definition) is 4. The van der Waals surface area contributed by atoms with Crippen LogP contribution in [0.2, 0.25) is 0 Å². The fraction of sp³-hybridized carbons (Fsp3) is 0.552. The Hall–Kier alpha value is -2.33. The molecular formula is C29H43NO3. The summed E-state index contributed by atoms with van der Waals surface area (Å²) in [5.41, 5.74) is 2.86. The summed E-state index contributed by atoms with van der Waals surface area (Å²) in [7, 11) is 0. The zero-order valence-corrected chi connectivity index (χ0v) is 21.4. The first kappa shape index (κ1) is 26.9. The minimum Gasteiger partial charge on any atom is -0.508 e. The molecule has 4 nitrogen and oxygen atoms in total. The van der Waals surface area contributed by atoms with Crippen molar-refractivity contribution < 1.29 is 14.6 Å². The van der Waals surface area contributed by atoms with E-state index in [0.29, 0.717) is 24.3 Å². The molecule has 182 valence electrons. The van der Waals surface area contributed by atoms with Gasteiger partial charge in [-0.25, -0.2) is 0 Å². The van der Waals surface area contributed by atoms with Crippen molar-refractivity contribution in [2.75, 3.05) is 6.54 Å². The lowest BCUT2D eigenvalue weighted by atomic mass is 9.84. The number of benzene rings is 2. The van der Waals surface area contributed by atoms with Gasteiger partial charge in [0.15, 0.2) is 0 Å². The molecule has 33 heavy (non-hydrogen) atoms. The maximum Gasteiger partial charge on any atom is 0.311 e. The Labute approximate surface area is 201 Å². The Bertz CT molecular complexity index is 853. The van der Waals surface area contributed by atoms with Crippen LogP contribution in [0, 0.1) is 6.92 Å². The van der Waals surface area contributed by atoms with Gasteiger partial charge < -0.3 is 9.84 Å². The number of phenolic OH excluding ortho intramolecular Hbond substituents is 1. The summed E-state index contributed by atoms with van der Waals surface area (Å²) >= 11 is 0. The van der Waals surface area contributed by atoms with Crippen molar-refractivity contribution in [2.24, 2.45) is 0 Å². The highest BCUT2D eigenvalue weighted by Gasteiger charge is 2.25. The molecule has 0 aliphatic carbocycles. The van der Waals surface area contributed by atoms with Crippen LogP contribution in [-0.2, 0) is 4.79 Å². The molecule has 0 aliphatic rings. The monoisotopic (exact) mass is 453 g/mol. The van der Waals surface area contributed by atoms with Crippen LogP contribution in [0.1, 0.15) is 95.8 Å². The molecule has 0 saturated carbocycles. The average molecular weight is 454 g/mol. The smallest absolute Gasteiger partial charge is 0.311 e. The van der Waals surface area contributed by atoms with Gasteiger partial charge in [0.25, 0.3) is 0 Å². The minimum absolute atomic E-state index is 0.0150. The van der Waals surface area contributed by atoms with Crippen molar-refractivity contribution in [1.82, 2.24) is 4.90 Å². The van der Waals surface area contributed by atoms with E-state index in [2.05, 4.69) is 51.7 Å². The molecule has 0 aliphatic heterocycles. The molecule has 0 aromatic heterocycles. The molecule has 0 saturated heterocycles. The second-order valence-corrected chi connectivity index (χ2v) is 9.58. The molecule has 1 N–H and O–H groups in total. The van der Waals surface area contributed by atoms with Crippen LogP contribution >= 0.6 is 0 Å². The number of unbranched alkanes of at least 4 members (excludes halogenated alkanes) is 3. The van der Waals surface area contributed by atoms with E-state index in [9.17, 15) is 9.90 Å². The van der Waals surface area contributed by atoms with Gasteiger partial charge in [-0.15, -0.1) is 0 Å². The number of carbonyl (C=O) groups is 1. The van der Waals surface area contributed by atoms with E-state index in [1.165, 1.54) is 5.56 Å². The van der Waals surface area contributed by atoms with Crippen molar-refractivity contribution in [3.63, 3.8) is 0 Å². The highest BCUT2D eigenvalue weighted by Crippen LogP contribution is 2.40. The van der Waals surface area contributed by atoms with Gasteiger partial charge >= 0.3 is 5.97 Å². The van der Waals surface area contributed by atoms with E-state index in [0.717, 1.165) is 49.8 Å². The summed E-state index contributed by atoms with van der Waals surface area (Å²) < 4.78 is 5.90. The van der Waals surface area contributed by atoms with Crippen molar-refractivity contribution in [3.8, 4) is 11.5 Å². The molecule has 1 atom stereocenters. The van der Waals surface area contributed by atoms with E-state index in [4.69, 9.17) is 4.74 Å². The van der Waals surface area contributed by atoms with Crippen LogP contribution in [-0.4, -0.2) is 34.6 Å². The van der Waals surface area contributed by atoms with Gasteiger partial charge in [0, 0.05) is 30.0 Å². The number of carbonyl (C=O) groups excluding carboxylic acids is 1. The van der Waals surface area contributed by atoms with Crippen molar-refractivity contribution >= 4 is 5.97 Å². The van der Waals surface area contributed by atoms with Gasteiger partial charge in [-0.05, 0) is 77.3 Å². The summed E-state index contributed by atoms with van der Waals surface area (Å²) in [6, 6.07) is 14.6. The molecule has 0 spiro atoms. The van der Waals surface area contributed by atoms with Crippen molar-refractivity contribution in [3.05, 3.63) is 59.2 Å². The van der Waals surface area contributed by atoms with Gasteiger partial charge in [-0.3, -0.25) is 9.69 Å². The molecule has 4 heteroatoms. The molecule has 2 aromatic rings. The van der Waals surface area contributed by atoms with Crippen LogP contribution in [0.3, 0.4) is 0 Å². The van der Waals surface area contributed by atoms with Gasteiger partial charge in [0.2, 0.25) is 0 Å². The van der Waals surface area contributed by atoms with E-state index in [1.54, 1.807) is 12.1 Å². The van der Waals surface area contributed by atoms with Gasteiger partial charge in [0.1, 0.15) is 11.5 Å². The third kappa shape index (κ3) is 7.89. The molecule has 2 rings (SSSR count). The average Bonchev–Trinajstić information content (AvgIpc) is 2.78. The quantitative estimate of drug-likeness (QED) is 0.198. The lowest BCUT2D eigenvalue weighted by Gasteiger charge is -2.33. The van der Waals surface area contributed by atoms with Crippen LogP contribution in [0.5, 0.6) is 11.5 Å². The first-order valence-corrected chi connectivity index (χ1v) is 12.6. The Morgan fingerprint density at radius 1 is 0.970 bits per heavy atom. The predicted molar refractivity (Wildman–Crippen MR) is 137 cm³/mol. The molecule has 0 bridgehead atoms. The normalized spacial score (nSPS) is 12.5. The summed E-state index contributed by atoms with van der Waals surface area (Å²) in [5.74, 6) is 0.620. The van der Waals surface area contributed by atoms with E-state index >= 15 is 0 Å². The van der Waals surface area contributed by atoms with Gasteiger partial charge in [-0.1, -0.05) is 56.5 Å². The number of aromatic hydroxyl groups is 1. The predicted octanol–water partition coefficient (Wildman–Crippen LogP) is 7.22. The minimum atomic E-state index is -0.199. The Kier molecular flexibility index (Phi) is 10.9. The van der Waals surface area contributed by atoms with Crippen LogP contribution in [0.25, 0.3) is 0 Å². The van der Waals surface area contributed by atoms with E-state index < -0.39 is 0 Å². The number of rotatable bonds is 13. The second kappa shape index (κ2) is 13.4. The fourth-order valence-electron chi connectivity index (χ4n) is 4.64. The standard InChI is InChI=1S/C29H43NO3/c1-7-8-9-13-16-28(32)33-27-18-17-26(31)23(6)29(27)25(24-14-11-10-12-15-24)19-20-30(21(2)3)22(4)5/h10-12,14-15,17-18,21-22,25,31H,7-9,13,16,19-20H2,1-6H3. The molecular weight excluding hydrogens is 410 g/mol. The maximum atomic E-state index is 12.6. The highest BCUT2D eigenvalue weighted by molar-refractivity contribution is 5.73. The van der Waals surface area contributed by atoms with Crippen LogP contribution in [0.4, 0.5) is 0 Å².